The average molecular weight is 400 g/mol. The van der Waals surface area contributed by atoms with E-state index in [1.165, 1.54) is 0 Å². The summed E-state index contributed by atoms with van der Waals surface area (Å²) >= 11 is 0. The van der Waals surface area contributed by atoms with Crippen LogP contribution < -0.4 is 0 Å². The number of allylic oxidation sites excluding steroid dienone is 4. The number of nitrogens with zero attached hydrogens (tertiary/aromatic N) is 1. The maximum absolute atomic E-state index is 12.9. The predicted molar refractivity (Wildman–Crippen MR) is 114 cm³/mol. The van der Waals surface area contributed by atoms with Gasteiger partial charge in [-0.25, -0.2) is 0 Å². The van der Waals surface area contributed by atoms with Crippen molar-refractivity contribution < 1.29 is 19.4 Å². The van der Waals surface area contributed by atoms with Crippen molar-refractivity contribution in [2.45, 2.75) is 64.6 Å². The first kappa shape index (κ1) is 21.8. The molecule has 29 heavy (non-hydrogen) atoms. The number of carbonyl (C=O) groups is 1. The molecule has 6 atom stereocenters. The largest absolute Gasteiger partial charge is 0.388 e. The third kappa shape index (κ3) is 4.18. The molecule has 0 aromatic rings. The summed E-state index contributed by atoms with van der Waals surface area (Å²) in [4.78, 5) is 14.6. The summed E-state index contributed by atoms with van der Waals surface area (Å²) in [5.74, 6) is 0.127. The van der Waals surface area contributed by atoms with Crippen LogP contribution in [0.25, 0.3) is 0 Å². The molecule has 5 heteroatoms. The minimum absolute atomic E-state index is 0.104. The molecule has 2 heterocycles. The molecule has 0 aromatic carbocycles. The minimum Gasteiger partial charge on any atom is -0.388 e. The van der Waals surface area contributed by atoms with Crippen LogP contribution in [0.3, 0.4) is 0 Å². The second-order valence-corrected chi connectivity index (χ2v) is 8.16. The molecule has 3 rings (SSSR count). The van der Waals surface area contributed by atoms with Crippen LogP contribution in [-0.2, 0) is 14.3 Å². The second kappa shape index (κ2) is 9.24. The van der Waals surface area contributed by atoms with Gasteiger partial charge in [0.25, 0.3) is 5.91 Å². The molecule has 2 fully saturated rings. The molecular weight excluding hydrogens is 366 g/mol. The molecule has 2 aliphatic heterocycles. The number of fused-ring (bicyclic) bond motifs is 1. The SMILES string of the molecule is C=CC1=CC(=C)N([C@H]2C(CC)CCC3COC(/C(C)=C/C=C\C)O[C@H]3[C@@H]2O)C1=O. The zero-order valence-electron chi connectivity index (χ0n) is 17.7. The zero-order valence-corrected chi connectivity index (χ0v) is 17.7. The van der Waals surface area contributed by atoms with Gasteiger partial charge in [-0.1, -0.05) is 50.8 Å². The monoisotopic (exact) mass is 399 g/mol. The first-order valence-electron chi connectivity index (χ1n) is 10.5. The van der Waals surface area contributed by atoms with Gasteiger partial charge >= 0.3 is 0 Å². The summed E-state index contributed by atoms with van der Waals surface area (Å²) in [6, 6.07) is -0.373. The fraction of sp³-hybridized carbons (Fsp3) is 0.542. The number of hydrogen-bond acceptors (Lipinski definition) is 4. The van der Waals surface area contributed by atoms with Gasteiger partial charge in [0.2, 0.25) is 0 Å². The highest BCUT2D eigenvalue weighted by atomic mass is 16.7. The summed E-state index contributed by atoms with van der Waals surface area (Å²) < 4.78 is 12.2. The molecular formula is C24H33NO4. The molecule has 1 N–H and O–H groups in total. The van der Waals surface area contributed by atoms with Crippen LogP contribution in [0.4, 0.5) is 0 Å². The fourth-order valence-corrected chi connectivity index (χ4v) is 4.71. The van der Waals surface area contributed by atoms with Crippen LogP contribution in [0.2, 0.25) is 0 Å². The molecule has 1 aliphatic carbocycles. The third-order valence-corrected chi connectivity index (χ3v) is 6.35. The molecule has 158 valence electrons. The Morgan fingerprint density at radius 1 is 1.41 bits per heavy atom. The highest BCUT2D eigenvalue weighted by Gasteiger charge is 2.49. The van der Waals surface area contributed by atoms with Crippen molar-refractivity contribution in [3.05, 3.63) is 60.4 Å². The second-order valence-electron chi connectivity index (χ2n) is 8.16. The topological polar surface area (TPSA) is 59.0 Å². The van der Waals surface area contributed by atoms with Crippen LogP contribution in [-0.4, -0.2) is 47.1 Å². The van der Waals surface area contributed by atoms with E-state index in [0.717, 1.165) is 24.8 Å². The summed E-state index contributed by atoms with van der Waals surface area (Å²) in [7, 11) is 0. The van der Waals surface area contributed by atoms with E-state index in [0.29, 0.717) is 17.9 Å². The van der Waals surface area contributed by atoms with E-state index >= 15 is 0 Å². The fourth-order valence-electron chi connectivity index (χ4n) is 4.71. The van der Waals surface area contributed by atoms with Crippen molar-refractivity contribution >= 4 is 5.91 Å². The molecule has 3 aliphatic rings. The van der Waals surface area contributed by atoms with Crippen molar-refractivity contribution in [3.63, 3.8) is 0 Å². The van der Waals surface area contributed by atoms with Crippen LogP contribution in [0, 0.1) is 11.8 Å². The molecule has 0 bridgehead atoms. The van der Waals surface area contributed by atoms with Gasteiger partial charge in [0, 0.05) is 17.2 Å². The van der Waals surface area contributed by atoms with Crippen molar-refractivity contribution in [1.29, 1.82) is 0 Å². The van der Waals surface area contributed by atoms with Crippen molar-refractivity contribution in [2.24, 2.45) is 11.8 Å². The number of hydrogen-bond donors (Lipinski definition) is 1. The molecule has 1 amide bonds. The van der Waals surface area contributed by atoms with Gasteiger partial charge < -0.3 is 19.5 Å². The Morgan fingerprint density at radius 3 is 2.79 bits per heavy atom. The van der Waals surface area contributed by atoms with E-state index in [2.05, 4.69) is 20.1 Å². The normalized spacial score (nSPS) is 36.2. The smallest absolute Gasteiger partial charge is 0.258 e. The summed E-state index contributed by atoms with van der Waals surface area (Å²) in [6.45, 7) is 14.4. The average Bonchev–Trinajstić information content (AvgIpc) is 2.93. The maximum atomic E-state index is 12.9. The van der Waals surface area contributed by atoms with Crippen LogP contribution >= 0.6 is 0 Å². The Labute approximate surface area is 174 Å². The zero-order chi connectivity index (χ0) is 21.1. The lowest BCUT2D eigenvalue weighted by Gasteiger charge is -2.42. The highest BCUT2D eigenvalue weighted by Crippen LogP contribution is 2.40. The number of ether oxygens (including phenoxy) is 2. The van der Waals surface area contributed by atoms with E-state index in [1.54, 1.807) is 17.1 Å². The first-order valence-corrected chi connectivity index (χ1v) is 10.5. The van der Waals surface area contributed by atoms with E-state index < -0.39 is 18.5 Å². The minimum atomic E-state index is -0.813. The Morgan fingerprint density at radius 2 is 2.17 bits per heavy atom. The van der Waals surface area contributed by atoms with Gasteiger partial charge in [-0.05, 0) is 44.3 Å². The third-order valence-electron chi connectivity index (χ3n) is 6.35. The Balaban J connectivity index is 1.89. The van der Waals surface area contributed by atoms with E-state index in [9.17, 15) is 9.90 Å². The van der Waals surface area contributed by atoms with Crippen LogP contribution in [0.1, 0.15) is 40.0 Å². The van der Waals surface area contributed by atoms with E-state index in [-0.39, 0.29) is 23.8 Å². The number of aliphatic hydroxyl groups excluding tert-OH is 1. The maximum Gasteiger partial charge on any atom is 0.258 e. The lowest BCUT2D eigenvalue weighted by atomic mass is 9.88. The molecule has 1 saturated carbocycles. The van der Waals surface area contributed by atoms with Crippen molar-refractivity contribution in [3.8, 4) is 0 Å². The van der Waals surface area contributed by atoms with Crippen molar-refractivity contribution in [1.82, 2.24) is 4.90 Å². The number of rotatable bonds is 5. The van der Waals surface area contributed by atoms with Crippen molar-refractivity contribution in [2.75, 3.05) is 6.61 Å². The summed E-state index contributed by atoms with van der Waals surface area (Å²) in [5, 5.41) is 11.5. The van der Waals surface area contributed by atoms with Gasteiger partial charge in [0.15, 0.2) is 6.29 Å². The first-order chi connectivity index (χ1) is 13.9. The number of carbonyl (C=O) groups excluding carboxylic acids is 1. The summed E-state index contributed by atoms with van der Waals surface area (Å²) in [5.41, 5.74) is 2.09. The van der Waals surface area contributed by atoms with E-state index in [4.69, 9.17) is 9.47 Å². The standard InChI is InChI=1S/C24H33NO4/c1-6-9-10-15(4)24-28-14-19-12-11-17(7-2)20(21(26)22(19)29-24)25-16(5)13-18(8-3)23(25)27/h6,8-10,13,17,19-22,24,26H,3,5,7,11-12,14H2,1-2,4H3/b9-6-,15-10+/t17?,19?,20-,21+,22+,24?/m0/s1. The molecule has 0 radical (unpaired) electrons. The van der Waals surface area contributed by atoms with Crippen LogP contribution in [0.15, 0.2) is 60.4 Å². The lowest BCUT2D eigenvalue weighted by molar-refractivity contribution is -0.244. The van der Waals surface area contributed by atoms with Gasteiger partial charge in [0.05, 0.1) is 18.8 Å². The number of aliphatic hydroxyl groups is 1. The Hall–Kier alpha value is -1.95. The Bertz CT molecular complexity index is 750. The quantitative estimate of drug-likeness (QED) is 0.713. The van der Waals surface area contributed by atoms with Gasteiger partial charge in [-0.2, -0.15) is 0 Å². The van der Waals surface area contributed by atoms with E-state index in [1.807, 2.05) is 32.1 Å². The lowest BCUT2D eigenvalue weighted by Crippen LogP contribution is -2.56. The molecule has 1 saturated heterocycles. The number of amides is 1. The molecule has 3 unspecified atom stereocenters. The van der Waals surface area contributed by atoms with Gasteiger partial charge in [0.1, 0.15) is 6.10 Å². The molecule has 5 nitrogen and oxygen atoms in total. The Kier molecular flexibility index (Phi) is 6.93. The molecule has 0 spiro atoms. The van der Waals surface area contributed by atoms with Crippen LogP contribution in [0.5, 0.6) is 0 Å². The van der Waals surface area contributed by atoms with Gasteiger partial charge in [-0.15, -0.1) is 0 Å². The molecule has 0 aromatic heterocycles. The highest BCUT2D eigenvalue weighted by molar-refractivity contribution is 6.01. The summed E-state index contributed by atoms with van der Waals surface area (Å²) in [6.07, 6.45) is 10.1. The predicted octanol–water partition coefficient (Wildman–Crippen LogP) is 3.88. The van der Waals surface area contributed by atoms with Gasteiger partial charge in [-0.3, -0.25) is 4.79 Å².